The van der Waals surface area contributed by atoms with E-state index < -0.39 is 5.91 Å². The van der Waals surface area contributed by atoms with Crippen molar-refractivity contribution in [1.29, 1.82) is 0 Å². The van der Waals surface area contributed by atoms with Gasteiger partial charge in [0.05, 0.1) is 5.56 Å². The molecule has 25 heavy (non-hydrogen) atoms. The molecule has 2 heterocycles. The van der Waals surface area contributed by atoms with E-state index in [1.165, 1.54) is 0 Å². The molecule has 2 aromatic heterocycles. The molecule has 0 atom stereocenters. The van der Waals surface area contributed by atoms with Crippen molar-refractivity contribution in [2.75, 3.05) is 0 Å². The fourth-order valence-electron chi connectivity index (χ4n) is 2.86. The average molecular weight is 333 g/mol. The van der Waals surface area contributed by atoms with Crippen LogP contribution in [0.4, 0.5) is 0 Å². The Balaban J connectivity index is 1.52. The summed E-state index contributed by atoms with van der Waals surface area (Å²) in [5, 5.41) is 1.65. The van der Waals surface area contributed by atoms with Gasteiger partial charge in [-0.3, -0.25) is 20.4 Å². The maximum Gasteiger partial charge on any atom is 0.305 e. The minimum atomic E-state index is -0.509. The number of fused-ring (bicyclic) bond motifs is 2. The molecular formula is C19H15N3O3. The van der Waals surface area contributed by atoms with Crippen molar-refractivity contribution in [3.05, 3.63) is 72.1 Å². The Hall–Kier alpha value is -3.54. The van der Waals surface area contributed by atoms with Gasteiger partial charge in [-0.2, -0.15) is 0 Å². The molecule has 2 amide bonds. The Kier molecular flexibility index (Phi) is 3.50. The third-order valence-electron chi connectivity index (χ3n) is 4.08. The summed E-state index contributed by atoms with van der Waals surface area (Å²) in [6.45, 7) is 0. The van der Waals surface area contributed by atoms with Crippen LogP contribution in [0, 0.1) is 0 Å². The summed E-state index contributed by atoms with van der Waals surface area (Å²) in [5.41, 5.74) is 6.87. The predicted molar refractivity (Wildman–Crippen MR) is 94.1 cm³/mol. The molecule has 0 bridgehead atoms. The quantitative estimate of drug-likeness (QED) is 0.554. The molecule has 0 unspecified atom stereocenters. The minimum absolute atomic E-state index is 0.138. The van der Waals surface area contributed by atoms with Crippen LogP contribution in [0.15, 0.2) is 65.2 Å². The van der Waals surface area contributed by atoms with Crippen LogP contribution in [0.2, 0.25) is 0 Å². The van der Waals surface area contributed by atoms with Crippen LogP contribution in [0.5, 0.6) is 0 Å². The molecule has 0 saturated heterocycles. The molecule has 0 spiro atoms. The first kappa shape index (κ1) is 15.0. The highest BCUT2D eigenvalue weighted by molar-refractivity contribution is 6.08. The van der Waals surface area contributed by atoms with Crippen molar-refractivity contribution in [1.82, 2.24) is 15.4 Å². The van der Waals surface area contributed by atoms with E-state index >= 15 is 0 Å². The van der Waals surface area contributed by atoms with Gasteiger partial charge in [0, 0.05) is 29.5 Å². The van der Waals surface area contributed by atoms with E-state index in [0.717, 1.165) is 16.3 Å². The van der Waals surface area contributed by atoms with Crippen molar-refractivity contribution in [2.45, 2.75) is 0 Å². The highest BCUT2D eigenvalue weighted by atomic mass is 16.3. The Bertz CT molecular complexity index is 1070. The molecule has 0 radical (unpaired) electrons. The van der Waals surface area contributed by atoms with Gasteiger partial charge in [-0.25, -0.2) is 0 Å². The second-order valence-corrected chi connectivity index (χ2v) is 5.73. The predicted octanol–water partition coefficient (Wildman–Crippen LogP) is 3.00. The van der Waals surface area contributed by atoms with Crippen LogP contribution in [0.3, 0.4) is 0 Å². The number of rotatable bonds is 2. The lowest BCUT2D eigenvalue weighted by atomic mass is 10.2. The van der Waals surface area contributed by atoms with Gasteiger partial charge in [0.1, 0.15) is 5.58 Å². The molecule has 0 aliphatic rings. The van der Waals surface area contributed by atoms with Crippen molar-refractivity contribution in [3.8, 4) is 0 Å². The number of hydrogen-bond donors (Lipinski definition) is 2. The molecule has 0 aliphatic carbocycles. The van der Waals surface area contributed by atoms with Crippen molar-refractivity contribution >= 4 is 33.7 Å². The van der Waals surface area contributed by atoms with Crippen LogP contribution in [-0.4, -0.2) is 16.4 Å². The Labute approximate surface area is 143 Å². The fraction of sp³-hybridized carbons (Fsp3) is 0.0526. The second kappa shape index (κ2) is 5.83. The molecule has 4 rings (SSSR count). The first-order valence-corrected chi connectivity index (χ1v) is 7.77. The average Bonchev–Trinajstić information content (AvgIpc) is 3.21. The molecule has 6 nitrogen and oxygen atoms in total. The molecule has 0 saturated carbocycles. The van der Waals surface area contributed by atoms with Gasteiger partial charge in [0.15, 0.2) is 5.76 Å². The number of carbonyl (C=O) groups is 2. The monoisotopic (exact) mass is 333 g/mol. The SMILES string of the molecule is Cn1cc(C(=O)NNC(=O)c2cc3ccccc3o2)c2ccccc21. The summed E-state index contributed by atoms with van der Waals surface area (Å²) in [7, 11) is 1.87. The van der Waals surface area contributed by atoms with E-state index in [-0.39, 0.29) is 11.7 Å². The normalized spacial score (nSPS) is 10.9. The zero-order valence-corrected chi connectivity index (χ0v) is 13.4. The van der Waals surface area contributed by atoms with Crippen LogP contribution < -0.4 is 10.9 Å². The number of para-hydroxylation sites is 2. The number of carbonyl (C=O) groups excluding carboxylic acids is 2. The highest BCUT2D eigenvalue weighted by Gasteiger charge is 2.16. The first-order chi connectivity index (χ1) is 12.1. The largest absolute Gasteiger partial charge is 0.451 e. The number of aryl methyl sites for hydroxylation is 1. The van der Waals surface area contributed by atoms with E-state index in [9.17, 15) is 9.59 Å². The lowest BCUT2D eigenvalue weighted by Crippen LogP contribution is -2.41. The molecule has 124 valence electrons. The van der Waals surface area contributed by atoms with Gasteiger partial charge in [-0.15, -0.1) is 0 Å². The molecule has 0 aliphatic heterocycles. The number of nitrogens with zero attached hydrogens (tertiary/aromatic N) is 1. The molecular weight excluding hydrogens is 318 g/mol. The van der Waals surface area contributed by atoms with Crippen LogP contribution in [0.25, 0.3) is 21.9 Å². The summed E-state index contributed by atoms with van der Waals surface area (Å²) in [5.74, 6) is -0.759. The van der Waals surface area contributed by atoms with Gasteiger partial charge in [0.2, 0.25) is 0 Å². The first-order valence-electron chi connectivity index (χ1n) is 7.77. The summed E-state index contributed by atoms with van der Waals surface area (Å²) in [6, 6.07) is 16.5. The maximum absolute atomic E-state index is 12.4. The topological polar surface area (TPSA) is 76.3 Å². The van der Waals surface area contributed by atoms with Gasteiger partial charge in [0.25, 0.3) is 5.91 Å². The van der Waals surface area contributed by atoms with Crippen molar-refractivity contribution in [2.24, 2.45) is 7.05 Å². The van der Waals surface area contributed by atoms with Crippen LogP contribution >= 0.6 is 0 Å². The third-order valence-corrected chi connectivity index (χ3v) is 4.08. The molecule has 2 aromatic carbocycles. The van der Waals surface area contributed by atoms with Gasteiger partial charge in [-0.1, -0.05) is 36.4 Å². The minimum Gasteiger partial charge on any atom is -0.451 e. The number of benzene rings is 2. The molecule has 0 fully saturated rings. The van der Waals surface area contributed by atoms with E-state index in [0.29, 0.717) is 11.1 Å². The number of hydrogen-bond acceptors (Lipinski definition) is 3. The fourth-order valence-corrected chi connectivity index (χ4v) is 2.86. The Morgan fingerprint density at radius 2 is 1.68 bits per heavy atom. The van der Waals surface area contributed by atoms with Gasteiger partial charge in [-0.05, 0) is 18.2 Å². The highest BCUT2D eigenvalue weighted by Crippen LogP contribution is 2.20. The van der Waals surface area contributed by atoms with E-state index in [1.807, 2.05) is 54.1 Å². The number of amides is 2. The number of furan rings is 1. The lowest BCUT2D eigenvalue weighted by Gasteiger charge is -2.04. The zero-order valence-electron chi connectivity index (χ0n) is 13.4. The smallest absolute Gasteiger partial charge is 0.305 e. The van der Waals surface area contributed by atoms with Crippen LogP contribution in [-0.2, 0) is 7.05 Å². The maximum atomic E-state index is 12.4. The van der Waals surface area contributed by atoms with Crippen molar-refractivity contribution in [3.63, 3.8) is 0 Å². The van der Waals surface area contributed by atoms with E-state index in [2.05, 4.69) is 10.9 Å². The third kappa shape index (κ3) is 2.63. The lowest BCUT2D eigenvalue weighted by molar-refractivity contribution is 0.0833. The molecule has 2 N–H and O–H groups in total. The number of hydrazine groups is 1. The van der Waals surface area contributed by atoms with Gasteiger partial charge < -0.3 is 8.98 Å². The molecule has 6 heteroatoms. The summed E-state index contributed by atoms with van der Waals surface area (Å²) in [4.78, 5) is 24.6. The zero-order chi connectivity index (χ0) is 17.4. The Morgan fingerprint density at radius 1 is 0.960 bits per heavy atom. The summed E-state index contributed by atoms with van der Waals surface area (Å²) in [6.07, 6.45) is 1.73. The van der Waals surface area contributed by atoms with E-state index in [1.54, 1.807) is 18.3 Å². The van der Waals surface area contributed by atoms with Crippen molar-refractivity contribution < 1.29 is 14.0 Å². The number of aromatic nitrogens is 1. The summed E-state index contributed by atoms with van der Waals surface area (Å²) < 4.78 is 7.34. The Morgan fingerprint density at radius 3 is 2.52 bits per heavy atom. The second-order valence-electron chi connectivity index (χ2n) is 5.73. The summed E-state index contributed by atoms with van der Waals surface area (Å²) >= 11 is 0. The van der Waals surface area contributed by atoms with Gasteiger partial charge >= 0.3 is 5.91 Å². The number of nitrogens with one attached hydrogen (secondary N) is 2. The van der Waals surface area contributed by atoms with E-state index in [4.69, 9.17) is 4.42 Å². The standard InChI is InChI=1S/C19H15N3O3/c1-22-11-14(13-7-3-4-8-15(13)22)18(23)20-21-19(24)17-10-12-6-2-5-9-16(12)25-17/h2-11H,1H3,(H,20,23)(H,21,24). The van der Waals surface area contributed by atoms with Crippen LogP contribution in [0.1, 0.15) is 20.9 Å². The molecule has 4 aromatic rings.